The van der Waals surface area contributed by atoms with Gasteiger partial charge in [-0.3, -0.25) is 0 Å². The average Bonchev–Trinajstić information content (AvgIpc) is 2.30. The van der Waals surface area contributed by atoms with Crippen molar-refractivity contribution in [3.63, 3.8) is 0 Å². The van der Waals surface area contributed by atoms with E-state index >= 15 is 0 Å². The molecule has 1 rings (SSSR count). The maximum Gasteiger partial charge on any atom is 0.0326 e. The molecular formula is C10H20N2S. The first-order chi connectivity index (χ1) is 6.24. The van der Waals surface area contributed by atoms with Crippen molar-refractivity contribution in [2.75, 3.05) is 45.2 Å². The van der Waals surface area contributed by atoms with E-state index < -0.39 is 0 Å². The van der Waals surface area contributed by atoms with Crippen LogP contribution in [0.15, 0.2) is 12.3 Å². The van der Waals surface area contributed by atoms with Crippen LogP contribution in [0.4, 0.5) is 0 Å². The van der Waals surface area contributed by atoms with Crippen molar-refractivity contribution in [3.05, 3.63) is 12.3 Å². The number of hydrogen-bond donors (Lipinski definition) is 0. The van der Waals surface area contributed by atoms with Gasteiger partial charge in [-0.05, 0) is 26.3 Å². The quantitative estimate of drug-likeness (QED) is 0.682. The van der Waals surface area contributed by atoms with Gasteiger partial charge < -0.3 is 9.80 Å². The molecule has 2 nitrogen and oxygen atoms in total. The average molecular weight is 200 g/mol. The van der Waals surface area contributed by atoms with Crippen molar-refractivity contribution in [1.82, 2.24) is 9.80 Å². The van der Waals surface area contributed by atoms with Gasteiger partial charge >= 0.3 is 0 Å². The van der Waals surface area contributed by atoms with E-state index in [1.807, 2.05) is 11.8 Å². The van der Waals surface area contributed by atoms with E-state index in [0.717, 1.165) is 12.3 Å². The Morgan fingerprint density at radius 3 is 2.77 bits per heavy atom. The van der Waals surface area contributed by atoms with Crippen LogP contribution in [0, 0.1) is 0 Å². The Balaban J connectivity index is 2.37. The molecule has 0 N–H and O–H groups in total. The van der Waals surface area contributed by atoms with Gasteiger partial charge in [-0.15, -0.1) is 0 Å². The molecule has 3 heteroatoms. The molecule has 13 heavy (non-hydrogen) atoms. The number of thioether (sulfide) groups is 1. The summed E-state index contributed by atoms with van der Waals surface area (Å²) in [7, 11) is 2.20. The first kappa shape index (κ1) is 10.9. The Bertz CT molecular complexity index is 170. The summed E-state index contributed by atoms with van der Waals surface area (Å²) in [4.78, 5) is 4.83. The normalized spacial score (nSPS) is 20.0. The van der Waals surface area contributed by atoms with Crippen LogP contribution in [-0.2, 0) is 0 Å². The zero-order valence-electron chi connectivity index (χ0n) is 8.75. The predicted octanol–water partition coefficient (Wildman–Crippen LogP) is 1.50. The van der Waals surface area contributed by atoms with Gasteiger partial charge in [-0.2, -0.15) is 11.8 Å². The molecule has 0 amide bonds. The Morgan fingerprint density at radius 1 is 1.31 bits per heavy atom. The molecule has 0 atom stereocenters. The Hall–Kier alpha value is -0.150. The van der Waals surface area contributed by atoms with E-state index in [-0.39, 0.29) is 0 Å². The second kappa shape index (κ2) is 5.55. The van der Waals surface area contributed by atoms with E-state index in [0.29, 0.717) is 0 Å². The standard InChI is InChI=1S/C10H20N2S/c1-10(9-13-3)12-6-4-5-11(2)7-8-12/h1,4-9H2,2-3H3. The van der Waals surface area contributed by atoms with Gasteiger partial charge in [0.2, 0.25) is 0 Å². The van der Waals surface area contributed by atoms with Gasteiger partial charge in [0.15, 0.2) is 0 Å². The summed E-state index contributed by atoms with van der Waals surface area (Å²) in [5.74, 6) is 1.07. The Morgan fingerprint density at radius 2 is 2.08 bits per heavy atom. The summed E-state index contributed by atoms with van der Waals surface area (Å²) in [6.45, 7) is 8.85. The minimum Gasteiger partial charge on any atom is -0.373 e. The van der Waals surface area contributed by atoms with E-state index in [4.69, 9.17) is 0 Å². The van der Waals surface area contributed by atoms with Gasteiger partial charge in [-0.1, -0.05) is 6.58 Å². The van der Waals surface area contributed by atoms with E-state index in [1.54, 1.807) is 0 Å². The minimum absolute atomic E-state index is 1.07. The fourth-order valence-electron chi connectivity index (χ4n) is 1.62. The fraction of sp³-hybridized carbons (Fsp3) is 0.800. The molecule has 1 saturated heterocycles. The van der Waals surface area contributed by atoms with Gasteiger partial charge in [-0.25, -0.2) is 0 Å². The highest BCUT2D eigenvalue weighted by Crippen LogP contribution is 2.11. The molecule has 0 aromatic rings. The van der Waals surface area contributed by atoms with Crippen LogP contribution in [-0.4, -0.2) is 55.0 Å². The largest absolute Gasteiger partial charge is 0.373 e. The molecule has 0 bridgehead atoms. The molecule has 0 aromatic heterocycles. The molecule has 0 radical (unpaired) electrons. The third-order valence-electron chi connectivity index (χ3n) is 2.48. The van der Waals surface area contributed by atoms with Crippen molar-refractivity contribution in [2.24, 2.45) is 0 Å². The third kappa shape index (κ3) is 3.61. The lowest BCUT2D eigenvalue weighted by Gasteiger charge is -2.24. The maximum atomic E-state index is 4.12. The summed E-state index contributed by atoms with van der Waals surface area (Å²) in [6.07, 6.45) is 3.40. The smallest absolute Gasteiger partial charge is 0.0326 e. The van der Waals surface area contributed by atoms with Crippen LogP contribution in [0.5, 0.6) is 0 Å². The summed E-state index contributed by atoms with van der Waals surface area (Å²) < 4.78 is 0. The highest BCUT2D eigenvalue weighted by atomic mass is 32.2. The molecule has 0 unspecified atom stereocenters. The maximum absolute atomic E-state index is 4.12. The molecule has 1 aliphatic heterocycles. The van der Waals surface area contributed by atoms with E-state index in [2.05, 4.69) is 29.7 Å². The predicted molar refractivity (Wildman–Crippen MR) is 61.2 cm³/mol. The second-order valence-corrected chi connectivity index (χ2v) is 4.51. The van der Waals surface area contributed by atoms with E-state index in [1.165, 1.54) is 31.8 Å². The SMILES string of the molecule is C=C(CSC)N1CCCN(C)CC1. The lowest BCUT2D eigenvalue weighted by molar-refractivity contribution is 0.327. The zero-order chi connectivity index (χ0) is 9.68. The lowest BCUT2D eigenvalue weighted by Crippen LogP contribution is -2.28. The van der Waals surface area contributed by atoms with Gasteiger partial charge in [0.25, 0.3) is 0 Å². The van der Waals surface area contributed by atoms with Crippen molar-refractivity contribution >= 4 is 11.8 Å². The van der Waals surface area contributed by atoms with Gasteiger partial charge in [0, 0.05) is 31.1 Å². The second-order valence-electron chi connectivity index (χ2n) is 3.64. The van der Waals surface area contributed by atoms with Crippen molar-refractivity contribution in [3.8, 4) is 0 Å². The van der Waals surface area contributed by atoms with Crippen LogP contribution in [0.25, 0.3) is 0 Å². The lowest BCUT2D eigenvalue weighted by atomic mass is 10.3. The van der Waals surface area contributed by atoms with Crippen LogP contribution < -0.4 is 0 Å². The summed E-state index contributed by atoms with van der Waals surface area (Å²) in [6, 6.07) is 0. The zero-order valence-corrected chi connectivity index (χ0v) is 9.57. The highest BCUT2D eigenvalue weighted by molar-refractivity contribution is 7.98. The molecule has 1 aliphatic rings. The van der Waals surface area contributed by atoms with Gasteiger partial charge in [0.1, 0.15) is 0 Å². The fourth-order valence-corrected chi connectivity index (χ4v) is 2.14. The highest BCUT2D eigenvalue weighted by Gasteiger charge is 2.12. The monoisotopic (exact) mass is 200 g/mol. The van der Waals surface area contributed by atoms with E-state index in [9.17, 15) is 0 Å². The first-order valence-corrected chi connectivity index (χ1v) is 6.23. The van der Waals surface area contributed by atoms with Crippen molar-refractivity contribution in [1.29, 1.82) is 0 Å². The molecule has 0 aliphatic carbocycles. The van der Waals surface area contributed by atoms with Crippen LogP contribution in [0.3, 0.4) is 0 Å². The molecule has 0 spiro atoms. The number of nitrogens with zero attached hydrogens (tertiary/aromatic N) is 2. The minimum atomic E-state index is 1.07. The topological polar surface area (TPSA) is 6.48 Å². The van der Waals surface area contributed by atoms with Gasteiger partial charge in [0.05, 0.1) is 0 Å². The summed E-state index contributed by atoms with van der Waals surface area (Å²) in [5.41, 5.74) is 1.29. The van der Waals surface area contributed by atoms with Crippen molar-refractivity contribution < 1.29 is 0 Å². The third-order valence-corrected chi connectivity index (χ3v) is 3.10. The summed E-state index contributed by atoms with van der Waals surface area (Å²) >= 11 is 1.86. The van der Waals surface area contributed by atoms with Crippen LogP contribution in [0.1, 0.15) is 6.42 Å². The Kier molecular flexibility index (Phi) is 4.67. The van der Waals surface area contributed by atoms with Crippen molar-refractivity contribution in [2.45, 2.75) is 6.42 Å². The molecule has 0 saturated carbocycles. The summed E-state index contributed by atoms with van der Waals surface area (Å²) in [5, 5.41) is 0. The number of likely N-dealkylation sites (N-methyl/N-ethyl adjacent to an activating group) is 1. The molecule has 76 valence electrons. The van der Waals surface area contributed by atoms with Crippen LogP contribution >= 0.6 is 11.8 Å². The molecule has 1 heterocycles. The number of rotatable bonds is 3. The number of hydrogen-bond acceptors (Lipinski definition) is 3. The molecular weight excluding hydrogens is 180 g/mol. The Labute approximate surface area is 86.0 Å². The molecule has 1 fully saturated rings. The molecule has 0 aromatic carbocycles. The first-order valence-electron chi connectivity index (χ1n) is 4.84. The van der Waals surface area contributed by atoms with Crippen LogP contribution in [0.2, 0.25) is 0 Å².